The molecule has 0 atom stereocenters. The highest BCUT2D eigenvalue weighted by Gasteiger charge is 2.31. The minimum absolute atomic E-state index is 0.00693. The van der Waals surface area contributed by atoms with Gasteiger partial charge in [-0.15, -0.1) is 18.9 Å². The summed E-state index contributed by atoms with van der Waals surface area (Å²) in [6.07, 6.45) is -5.00. The zero-order valence-corrected chi connectivity index (χ0v) is 24.3. The molecule has 0 N–H and O–H groups in total. The van der Waals surface area contributed by atoms with E-state index in [1.165, 1.54) is 36.4 Å². The Balaban J connectivity index is 1.61. The van der Waals surface area contributed by atoms with Gasteiger partial charge in [0, 0.05) is 7.14 Å². The smallest absolute Gasteiger partial charge is 0.573 e. The number of hydrogen-bond donors (Lipinski definition) is 0. The van der Waals surface area contributed by atoms with Crippen LogP contribution in [0.25, 0.3) is 4.72 Å². The third-order valence-corrected chi connectivity index (χ3v) is 8.88. The minimum atomic E-state index is -5.00. The number of sulfonamides is 1. The lowest BCUT2D eigenvalue weighted by atomic mass is 10.3. The van der Waals surface area contributed by atoms with Crippen molar-refractivity contribution in [2.24, 2.45) is 0 Å². The van der Waals surface area contributed by atoms with Gasteiger partial charge >= 0.3 is 12.3 Å². The predicted molar refractivity (Wildman–Crippen MR) is 141 cm³/mol. The summed E-state index contributed by atoms with van der Waals surface area (Å²) in [5, 5.41) is 0. The summed E-state index contributed by atoms with van der Waals surface area (Å²) >= 11 is 3.30. The van der Waals surface area contributed by atoms with Gasteiger partial charge in [-0.3, -0.25) is 0 Å². The van der Waals surface area contributed by atoms with Crippen molar-refractivity contribution in [1.29, 1.82) is 0 Å². The van der Waals surface area contributed by atoms with Gasteiger partial charge in [0.05, 0.1) is 9.79 Å². The van der Waals surface area contributed by atoms with E-state index in [-0.39, 0.29) is 24.3 Å². The molecule has 3 aromatic rings. The molecule has 0 fully saturated rings. The first-order chi connectivity index (χ1) is 17.5. The van der Waals surface area contributed by atoms with Crippen molar-refractivity contribution in [1.82, 2.24) is 0 Å². The number of esters is 1. The minimum Gasteiger partial charge on any atom is -0.744 e. The molecule has 0 bridgehead atoms. The number of alkyl halides is 3. The number of nitrogens with zero attached hydrogens (tertiary/aromatic N) is 1. The largest absolute Gasteiger partial charge is 0.744 e. The van der Waals surface area contributed by atoms with E-state index in [2.05, 4.69) is 9.46 Å². The molecule has 0 spiro atoms. The van der Waals surface area contributed by atoms with Crippen molar-refractivity contribution in [3.63, 3.8) is 0 Å². The lowest BCUT2D eigenvalue weighted by molar-refractivity contribution is -0.274. The van der Waals surface area contributed by atoms with E-state index in [0.717, 1.165) is 18.2 Å². The van der Waals surface area contributed by atoms with Gasteiger partial charge in [-0.05, 0) is 87.6 Å². The van der Waals surface area contributed by atoms with Crippen molar-refractivity contribution in [3.05, 3.63) is 72.5 Å². The van der Waals surface area contributed by atoms with Gasteiger partial charge in [-0.2, -0.15) is 0 Å². The molecule has 0 heterocycles. The third kappa shape index (κ3) is 8.58. The third-order valence-electron chi connectivity index (χ3n) is 4.21. The molecule has 0 aromatic heterocycles. The van der Waals surface area contributed by atoms with Crippen LogP contribution >= 0.6 is 45.2 Å². The lowest BCUT2D eigenvalue weighted by Gasteiger charge is -2.22. The zero-order valence-electron chi connectivity index (χ0n) is 18.3. The van der Waals surface area contributed by atoms with Crippen molar-refractivity contribution < 1.29 is 53.6 Å². The molecule has 38 heavy (non-hydrogen) atoms. The van der Waals surface area contributed by atoms with Crippen LogP contribution in [0.3, 0.4) is 0 Å². The maximum Gasteiger partial charge on any atom is 0.573 e. The van der Waals surface area contributed by atoms with Crippen LogP contribution in [-0.2, 0) is 24.9 Å². The van der Waals surface area contributed by atoms with E-state index in [0.29, 0.717) is 6.07 Å². The summed E-state index contributed by atoms with van der Waals surface area (Å²) in [4.78, 5) is 11.2. The molecule has 17 heteroatoms. The fraction of sp³-hybridized carbons (Fsp3) is 0.0952. The van der Waals surface area contributed by atoms with Gasteiger partial charge in [0.1, 0.15) is 37.4 Å². The Morgan fingerprint density at radius 1 is 0.895 bits per heavy atom. The van der Waals surface area contributed by atoms with Crippen LogP contribution in [0.2, 0.25) is 0 Å². The fourth-order valence-electron chi connectivity index (χ4n) is 2.76. The Labute approximate surface area is 241 Å². The molecule has 0 saturated carbocycles. The summed E-state index contributed by atoms with van der Waals surface area (Å²) in [6.45, 7) is -0.577. The Morgan fingerprint density at radius 3 is 2.05 bits per heavy atom. The van der Waals surface area contributed by atoms with Crippen LogP contribution < -0.4 is 14.2 Å². The van der Waals surface area contributed by atoms with Crippen LogP contribution in [0.1, 0.15) is 0 Å². The Bertz CT molecular complexity index is 1540. The normalized spacial score (nSPS) is 12.1. The average molecular weight is 797 g/mol. The molecule has 0 aliphatic heterocycles. The highest BCUT2D eigenvalue weighted by molar-refractivity contribution is 14.1. The summed E-state index contributed by atoms with van der Waals surface area (Å²) in [6, 6.07) is 11.1. The molecule has 10 nitrogen and oxygen atoms in total. The Kier molecular flexibility index (Phi) is 9.37. The summed E-state index contributed by atoms with van der Waals surface area (Å²) in [7, 11) is -9.09. The number of halogens is 5. The van der Waals surface area contributed by atoms with Gasteiger partial charge in [0.15, 0.2) is 6.61 Å². The van der Waals surface area contributed by atoms with Gasteiger partial charge in [-0.1, -0.05) is 18.2 Å². The molecule has 0 amide bonds. The molecular weight excluding hydrogens is 785 g/mol. The van der Waals surface area contributed by atoms with E-state index in [9.17, 15) is 39.4 Å². The number of hydrogen-bond acceptors (Lipinski definition) is 9. The number of carbonyl (C=O) groups excluding carboxylic acids is 1. The van der Waals surface area contributed by atoms with Gasteiger partial charge in [0.2, 0.25) is 0 Å². The Morgan fingerprint density at radius 2 is 1.50 bits per heavy atom. The van der Waals surface area contributed by atoms with Crippen LogP contribution in [0.5, 0.6) is 17.2 Å². The second kappa shape index (κ2) is 11.8. The highest BCUT2D eigenvalue weighted by atomic mass is 127. The number of ether oxygens (including phenoxy) is 3. The molecule has 0 unspecified atom stereocenters. The van der Waals surface area contributed by atoms with E-state index in [1.54, 1.807) is 45.2 Å². The van der Waals surface area contributed by atoms with Crippen molar-refractivity contribution in [3.8, 4) is 17.2 Å². The van der Waals surface area contributed by atoms with Gasteiger partial charge in [-0.25, -0.2) is 21.6 Å². The molecule has 0 aliphatic rings. The first-order valence-electron chi connectivity index (χ1n) is 9.76. The van der Waals surface area contributed by atoms with Crippen molar-refractivity contribution in [2.45, 2.75) is 16.2 Å². The monoisotopic (exact) mass is 797 g/mol. The quantitative estimate of drug-likeness (QED) is 0.125. The maximum absolute atomic E-state index is 12.5. The van der Waals surface area contributed by atoms with E-state index in [4.69, 9.17) is 9.47 Å². The molecule has 0 radical (unpaired) electrons. The molecule has 204 valence electrons. The predicted octanol–water partition coefficient (Wildman–Crippen LogP) is 5.08. The van der Waals surface area contributed by atoms with Crippen LogP contribution in [0.15, 0.2) is 70.5 Å². The Hall–Kier alpha value is -2.36. The topological polar surface area (TPSA) is 150 Å². The molecule has 0 aliphatic carbocycles. The standard InChI is InChI=1S/C21H13F3I2NO9S2/c22-21(23,24)36-14-2-1-3-16(8-14)37(29,30)27-12-4-6-13(7-5-12)35-19(28)11-34-15-9-17(25)20(18(26)10-15)38(31,32)33/h1-10H,11H2,(H,31,32,33)/q-1/p-1. The molecule has 3 aromatic carbocycles. The second-order valence-corrected chi connectivity index (χ2v) is 12.3. The van der Waals surface area contributed by atoms with E-state index >= 15 is 0 Å². The number of rotatable bonds is 9. The van der Waals surface area contributed by atoms with E-state index in [1.807, 2.05) is 0 Å². The fourth-order valence-corrected chi connectivity index (χ4v) is 7.71. The van der Waals surface area contributed by atoms with Gasteiger partial charge < -0.3 is 23.5 Å². The molecule has 3 rings (SSSR count). The number of benzene rings is 3. The lowest BCUT2D eigenvalue weighted by Crippen LogP contribution is -2.18. The maximum atomic E-state index is 12.5. The number of carbonyl (C=O) groups is 1. The van der Waals surface area contributed by atoms with Crippen LogP contribution in [0.4, 0.5) is 18.9 Å². The summed E-state index contributed by atoms with van der Waals surface area (Å²) < 4.78 is 114. The van der Waals surface area contributed by atoms with Crippen molar-refractivity contribution in [2.75, 3.05) is 6.61 Å². The van der Waals surface area contributed by atoms with Crippen LogP contribution in [-0.4, -0.2) is 40.3 Å². The van der Waals surface area contributed by atoms with E-state index < -0.39 is 54.6 Å². The molecular formula is C21H12F3I2NO9S2-2. The average Bonchev–Trinajstić information content (AvgIpc) is 2.76. The van der Waals surface area contributed by atoms with Crippen LogP contribution in [0, 0.1) is 7.14 Å². The zero-order chi connectivity index (χ0) is 28.3. The highest BCUT2D eigenvalue weighted by Crippen LogP contribution is 2.32. The van der Waals surface area contributed by atoms with Gasteiger partial charge in [0.25, 0.3) is 0 Å². The molecule has 0 saturated heterocycles. The SMILES string of the molecule is O=C(COc1cc(I)c(S(=O)(=O)[O-])c(I)c1)Oc1ccc([N-]S(=O)(=O)c2cccc(OC(F)(F)F)c2)cc1. The first kappa shape index (κ1) is 30.2. The second-order valence-electron chi connectivity index (χ2n) is 7.02. The summed E-state index contributed by atoms with van der Waals surface area (Å²) in [5.41, 5.74) is -0.0965. The van der Waals surface area contributed by atoms with Crippen molar-refractivity contribution >= 4 is 77.0 Å². The first-order valence-corrected chi connectivity index (χ1v) is 14.8. The summed E-state index contributed by atoms with van der Waals surface area (Å²) in [5.74, 6) is -1.46.